The summed E-state index contributed by atoms with van der Waals surface area (Å²) >= 11 is 0. The molecule has 0 saturated carbocycles. The lowest BCUT2D eigenvalue weighted by Crippen LogP contribution is -2.38. The summed E-state index contributed by atoms with van der Waals surface area (Å²) in [5, 5.41) is 3.35. The Bertz CT molecular complexity index is 622. The third-order valence-corrected chi connectivity index (χ3v) is 3.51. The van der Waals surface area contributed by atoms with Crippen LogP contribution in [0.3, 0.4) is 0 Å². The van der Waals surface area contributed by atoms with Gasteiger partial charge in [-0.3, -0.25) is 4.79 Å². The number of azide groups is 1. The third-order valence-electron chi connectivity index (χ3n) is 3.51. The van der Waals surface area contributed by atoms with E-state index in [-0.39, 0.29) is 18.0 Å². The van der Waals surface area contributed by atoms with Crippen molar-refractivity contribution in [1.29, 1.82) is 0 Å². The highest BCUT2D eigenvalue weighted by Gasteiger charge is 2.46. The van der Waals surface area contributed by atoms with Crippen LogP contribution in [0.25, 0.3) is 10.4 Å². The van der Waals surface area contributed by atoms with Crippen LogP contribution in [0, 0.1) is 0 Å². The fraction of sp³-hybridized carbons (Fsp3) is 0.417. The molecule has 0 aliphatic carbocycles. The number of fused-ring (bicyclic) bond motifs is 1. The van der Waals surface area contributed by atoms with E-state index in [0.29, 0.717) is 5.69 Å². The molecule has 0 radical (unpaired) electrons. The molecule has 106 valence electrons. The lowest BCUT2D eigenvalue weighted by Gasteiger charge is -2.21. The minimum absolute atomic E-state index is 0.221. The minimum Gasteiger partial charge on any atom is -0.314 e. The van der Waals surface area contributed by atoms with Gasteiger partial charge in [0.15, 0.2) is 0 Å². The summed E-state index contributed by atoms with van der Waals surface area (Å²) in [5.74, 6) is -0.390. The van der Waals surface area contributed by atoms with Crippen molar-refractivity contribution in [2.75, 3.05) is 18.5 Å². The van der Waals surface area contributed by atoms with Gasteiger partial charge in [0.1, 0.15) is 0 Å². The summed E-state index contributed by atoms with van der Waals surface area (Å²) in [5.41, 5.74) is 6.92. The normalized spacial score (nSPS) is 21.6. The molecule has 0 spiro atoms. The summed E-state index contributed by atoms with van der Waals surface area (Å²) in [6.07, 6.45) is -4.49. The molecule has 5 nitrogen and oxygen atoms in total. The smallest absolute Gasteiger partial charge is 0.314 e. The highest BCUT2D eigenvalue weighted by molar-refractivity contribution is 6.07. The van der Waals surface area contributed by atoms with Crippen molar-refractivity contribution in [2.45, 2.75) is 18.5 Å². The second kappa shape index (κ2) is 4.42. The molecule has 8 heteroatoms. The summed E-state index contributed by atoms with van der Waals surface area (Å²) in [6.45, 7) is 1.26. The standard InChI is InChI=1S/C12H11F3N4O/c1-11(6-17-18-16)8-5-7(12(13,14)15)3-4-9(8)19(2)10(11)20/h3-5H,6H2,1-2H3. The molecule has 0 saturated heterocycles. The van der Waals surface area contributed by atoms with Gasteiger partial charge in [-0.05, 0) is 36.2 Å². The number of alkyl halides is 3. The molecule has 1 atom stereocenters. The molecule has 0 fully saturated rings. The number of hydrogen-bond acceptors (Lipinski definition) is 2. The molecular formula is C12H11F3N4O. The zero-order valence-corrected chi connectivity index (χ0v) is 10.8. The van der Waals surface area contributed by atoms with Crippen LogP contribution in [0.5, 0.6) is 0 Å². The van der Waals surface area contributed by atoms with Gasteiger partial charge in [-0.25, -0.2) is 0 Å². The highest BCUT2D eigenvalue weighted by Crippen LogP contribution is 2.44. The lowest BCUT2D eigenvalue weighted by molar-refractivity contribution is -0.137. The molecule has 0 aromatic heterocycles. The minimum atomic E-state index is -4.49. The van der Waals surface area contributed by atoms with Crippen molar-refractivity contribution >= 4 is 11.6 Å². The van der Waals surface area contributed by atoms with Gasteiger partial charge in [0, 0.05) is 24.2 Å². The van der Waals surface area contributed by atoms with E-state index in [1.165, 1.54) is 24.9 Å². The Kier molecular flexibility index (Phi) is 3.14. The number of rotatable bonds is 2. The fourth-order valence-corrected chi connectivity index (χ4v) is 2.37. The Morgan fingerprint density at radius 3 is 2.65 bits per heavy atom. The highest BCUT2D eigenvalue weighted by atomic mass is 19.4. The van der Waals surface area contributed by atoms with Crippen molar-refractivity contribution in [3.05, 3.63) is 39.8 Å². The van der Waals surface area contributed by atoms with E-state index in [4.69, 9.17) is 5.53 Å². The molecule has 20 heavy (non-hydrogen) atoms. The molecule has 1 aromatic carbocycles. The van der Waals surface area contributed by atoms with Gasteiger partial charge < -0.3 is 4.90 Å². The van der Waals surface area contributed by atoms with Crippen LogP contribution in [0.15, 0.2) is 23.3 Å². The van der Waals surface area contributed by atoms with Crippen molar-refractivity contribution in [2.24, 2.45) is 5.11 Å². The Labute approximate surface area is 112 Å². The number of carbonyl (C=O) groups excluding carboxylic acids is 1. The number of halogens is 3. The second-order valence-corrected chi connectivity index (χ2v) is 4.81. The van der Waals surface area contributed by atoms with E-state index in [9.17, 15) is 18.0 Å². The van der Waals surface area contributed by atoms with Crippen LogP contribution in [0.4, 0.5) is 18.9 Å². The summed E-state index contributed by atoms with van der Waals surface area (Å²) in [4.78, 5) is 16.1. The Morgan fingerprint density at radius 1 is 1.45 bits per heavy atom. The van der Waals surface area contributed by atoms with E-state index < -0.39 is 17.2 Å². The van der Waals surface area contributed by atoms with E-state index in [1.807, 2.05) is 0 Å². The molecule has 1 aromatic rings. The monoisotopic (exact) mass is 284 g/mol. The maximum atomic E-state index is 12.8. The topological polar surface area (TPSA) is 69.1 Å². The third kappa shape index (κ3) is 1.98. The largest absolute Gasteiger partial charge is 0.416 e. The molecule has 1 aliphatic rings. The molecule has 2 rings (SSSR count). The predicted molar refractivity (Wildman–Crippen MR) is 66.2 cm³/mol. The fourth-order valence-electron chi connectivity index (χ4n) is 2.37. The van der Waals surface area contributed by atoms with Crippen LogP contribution in [-0.2, 0) is 16.4 Å². The van der Waals surface area contributed by atoms with Crippen molar-refractivity contribution in [3.8, 4) is 0 Å². The Balaban J connectivity index is 2.62. The molecule has 1 aliphatic heterocycles. The summed E-state index contributed by atoms with van der Waals surface area (Å²) in [6, 6.07) is 3.14. The molecule has 1 amide bonds. The second-order valence-electron chi connectivity index (χ2n) is 4.81. The van der Waals surface area contributed by atoms with Gasteiger partial charge in [0.25, 0.3) is 0 Å². The number of benzene rings is 1. The van der Waals surface area contributed by atoms with Gasteiger partial charge >= 0.3 is 6.18 Å². The van der Waals surface area contributed by atoms with E-state index in [1.54, 1.807) is 0 Å². The number of carbonyl (C=O) groups is 1. The van der Waals surface area contributed by atoms with Gasteiger partial charge in [-0.1, -0.05) is 5.11 Å². The maximum absolute atomic E-state index is 12.8. The average molecular weight is 284 g/mol. The molecular weight excluding hydrogens is 273 g/mol. The molecule has 1 unspecified atom stereocenters. The lowest BCUT2D eigenvalue weighted by atomic mass is 9.83. The predicted octanol–water partition coefficient (Wildman–Crippen LogP) is 3.25. The first-order chi connectivity index (χ1) is 9.21. The zero-order valence-electron chi connectivity index (χ0n) is 10.8. The first-order valence-corrected chi connectivity index (χ1v) is 5.72. The maximum Gasteiger partial charge on any atom is 0.416 e. The first-order valence-electron chi connectivity index (χ1n) is 5.72. The quantitative estimate of drug-likeness (QED) is 0.467. The van der Waals surface area contributed by atoms with Crippen molar-refractivity contribution in [3.63, 3.8) is 0 Å². The SMILES string of the molecule is CN1C(=O)C(C)(CN=[N+]=[N-])c2cc(C(F)(F)F)ccc21. The molecule has 1 heterocycles. The van der Waals surface area contributed by atoms with Crippen LogP contribution in [0.1, 0.15) is 18.1 Å². The number of amides is 1. The molecule has 0 N–H and O–H groups in total. The average Bonchev–Trinajstić information content (AvgIpc) is 2.58. The van der Waals surface area contributed by atoms with E-state index in [0.717, 1.165) is 12.1 Å². The Hall–Kier alpha value is -2.21. The Morgan fingerprint density at radius 2 is 2.10 bits per heavy atom. The zero-order chi connectivity index (χ0) is 15.1. The van der Waals surface area contributed by atoms with Crippen LogP contribution in [-0.4, -0.2) is 19.5 Å². The summed E-state index contributed by atoms with van der Waals surface area (Å²) in [7, 11) is 1.48. The van der Waals surface area contributed by atoms with Crippen molar-refractivity contribution < 1.29 is 18.0 Å². The van der Waals surface area contributed by atoms with Gasteiger partial charge in [0.2, 0.25) is 5.91 Å². The van der Waals surface area contributed by atoms with Crippen LogP contribution >= 0.6 is 0 Å². The van der Waals surface area contributed by atoms with Crippen LogP contribution in [0.2, 0.25) is 0 Å². The molecule has 0 bridgehead atoms. The number of nitrogens with zero attached hydrogens (tertiary/aromatic N) is 4. The first kappa shape index (κ1) is 14.2. The van der Waals surface area contributed by atoms with Crippen LogP contribution < -0.4 is 4.90 Å². The summed E-state index contributed by atoms with van der Waals surface area (Å²) < 4.78 is 38.3. The van der Waals surface area contributed by atoms with Gasteiger partial charge in [0.05, 0.1) is 11.0 Å². The number of anilines is 1. The number of likely N-dealkylation sites (N-methyl/N-ethyl adjacent to an activating group) is 1. The van der Waals surface area contributed by atoms with E-state index >= 15 is 0 Å². The number of hydrogen-bond donors (Lipinski definition) is 0. The van der Waals surface area contributed by atoms with E-state index in [2.05, 4.69) is 10.0 Å². The van der Waals surface area contributed by atoms with Gasteiger partial charge in [-0.15, -0.1) is 0 Å². The van der Waals surface area contributed by atoms with Crippen molar-refractivity contribution in [1.82, 2.24) is 0 Å². The van der Waals surface area contributed by atoms with Gasteiger partial charge in [-0.2, -0.15) is 13.2 Å².